The molecule has 0 amide bonds. The van der Waals surface area contributed by atoms with Crippen LogP contribution in [-0.2, 0) is 0 Å². The molecule has 1 aliphatic heterocycles. The molecule has 1 atom stereocenters. The van der Waals surface area contributed by atoms with Gasteiger partial charge < -0.3 is 19.6 Å². The van der Waals surface area contributed by atoms with E-state index in [1.54, 1.807) is 44.4 Å². The summed E-state index contributed by atoms with van der Waals surface area (Å²) in [5.74, 6) is 0.760. The van der Waals surface area contributed by atoms with E-state index in [1.165, 1.54) is 0 Å². The van der Waals surface area contributed by atoms with E-state index in [1.807, 2.05) is 6.07 Å². The summed E-state index contributed by atoms with van der Waals surface area (Å²) in [7, 11) is 1.56. The molecule has 2 heterocycles. The Hall–Kier alpha value is -3.20. The quantitative estimate of drug-likeness (QED) is 0.912. The highest BCUT2D eigenvalue weighted by Crippen LogP contribution is 2.40. The Balaban J connectivity index is 2.24. The summed E-state index contributed by atoms with van der Waals surface area (Å²) in [6.45, 7) is 1.65. The lowest BCUT2D eigenvalue weighted by atomic mass is 9.84. The second kappa shape index (κ2) is 5.54. The summed E-state index contributed by atoms with van der Waals surface area (Å²) in [5.41, 5.74) is 6.50. The summed E-state index contributed by atoms with van der Waals surface area (Å²) in [6.07, 6.45) is 0. The van der Waals surface area contributed by atoms with Crippen LogP contribution >= 0.6 is 0 Å². The molecule has 0 radical (unpaired) electrons. The van der Waals surface area contributed by atoms with Gasteiger partial charge in [-0.25, -0.2) is 4.79 Å². The Morgan fingerprint density at radius 3 is 2.61 bits per heavy atom. The first-order valence-electron chi connectivity index (χ1n) is 6.91. The van der Waals surface area contributed by atoms with E-state index < -0.39 is 11.5 Å². The molecule has 0 bridgehead atoms. The molecule has 0 saturated heterocycles. The number of methoxy groups -OCH3 is 1. The molecule has 0 aliphatic carbocycles. The van der Waals surface area contributed by atoms with Gasteiger partial charge in [0.2, 0.25) is 5.88 Å². The highest BCUT2D eigenvalue weighted by Gasteiger charge is 2.34. The largest absolute Gasteiger partial charge is 0.497 e. The van der Waals surface area contributed by atoms with Crippen LogP contribution in [0.2, 0.25) is 0 Å². The molecule has 1 aromatic carbocycles. The third kappa shape index (κ3) is 2.42. The number of nitrogens with zero attached hydrogens (tertiary/aromatic N) is 1. The second-order valence-corrected chi connectivity index (χ2v) is 5.12. The molecule has 6 heteroatoms. The fourth-order valence-corrected chi connectivity index (χ4v) is 2.65. The first kappa shape index (κ1) is 14.7. The van der Waals surface area contributed by atoms with E-state index in [0.717, 1.165) is 5.56 Å². The third-order valence-electron chi connectivity index (χ3n) is 3.71. The van der Waals surface area contributed by atoms with Crippen LogP contribution < -0.4 is 20.8 Å². The smallest absolute Gasteiger partial charge is 0.343 e. The van der Waals surface area contributed by atoms with E-state index in [2.05, 4.69) is 0 Å². The van der Waals surface area contributed by atoms with Crippen molar-refractivity contribution in [2.24, 2.45) is 5.73 Å². The average Bonchev–Trinajstić information content (AvgIpc) is 2.53. The lowest BCUT2D eigenvalue weighted by molar-refractivity contribution is 0.371. The van der Waals surface area contributed by atoms with Crippen LogP contribution in [0.1, 0.15) is 22.8 Å². The molecule has 2 N–H and O–H groups in total. The molecule has 116 valence electrons. The van der Waals surface area contributed by atoms with Crippen LogP contribution in [0.4, 0.5) is 0 Å². The maximum atomic E-state index is 12.3. The van der Waals surface area contributed by atoms with Gasteiger partial charge in [0.25, 0.3) is 0 Å². The van der Waals surface area contributed by atoms with Crippen molar-refractivity contribution in [3.05, 3.63) is 69.1 Å². The Bertz CT molecular complexity index is 888. The molecular formula is C17H14N2O4. The molecule has 0 unspecified atom stereocenters. The molecule has 0 spiro atoms. The molecule has 1 aliphatic rings. The van der Waals surface area contributed by atoms with Gasteiger partial charge in [-0.2, -0.15) is 5.26 Å². The second-order valence-electron chi connectivity index (χ2n) is 5.12. The number of hydrogen-bond donors (Lipinski definition) is 1. The molecular weight excluding hydrogens is 296 g/mol. The van der Waals surface area contributed by atoms with Crippen LogP contribution in [0.15, 0.2) is 51.0 Å². The van der Waals surface area contributed by atoms with E-state index in [0.29, 0.717) is 17.3 Å². The number of hydrogen-bond acceptors (Lipinski definition) is 6. The zero-order valence-electron chi connectivity index (χ0n) is 12.6. The van der Waals surface area contributed by atoms with Crippen molar-refractivity contribution in [1.29, 1.82) is 5.26 Å². The van der Waals surface area contributed by atoms with Gasteiger partial charge in [0.15, 0.2) is 0 Å². The van der Waals surface area contributed by atoms with E-state index in [9.17, 15) is 10.1 Å². The number of aryl methyl sites for hydroxylation is 1. The monoisotopic (exact) mass is 310 g/mol. The van der Waals surface area contributed by atoms with Crippen molar-refractivity contribution < 1.29 is 13.9 Å². The van der Waals surface area contributed by atoms with Crippen LogP contribution in [-0.4, -0.2) is 7.11 Å². The summed E-state index contributed by atoms with van der Waals surface area (Å²) in [5, 5.41) is 9.44. The first-order chi connectivity index (χ1) is 11.0. The number of fused-ring (bicyclic) bond motifs is 1. The minimum atomic E-state index is -0.633. The molecule has 6 nitrogen and oxygen atoms in total. The maximum Gasteiger partial charge on any atom is 0.343 e. The normalized spacial score (nSPS) is 16.3. The minimum absolute atomic E-state index is 0.00850. The lowest BCUT2D eigenvalue weighted by Gasteiger charge is -2.25. The Kier molecular flexibility index (Phi) is 3.54. The maximum absolute atomic E-state index is 12.3. The summed E-state index contributed by atoms with van der Waals surface area (Å²) < 4.78 is 15.7. The Labute approximate surface area is 132 Å². The van der Waals surface area contributed by atoms with Crippen molar-refractivity contribution >= 4 is 0 Å². The number of nitriles is 1. The Morgan fingerprint density at radius 2 is 2.00 bits per heavy atom. The zero-order chi connectivity index (χ0) is 16.6. The number of benzene rings is 1. The average molecular weight is 310 g/mol. The van der Waals surface area contributed by atoms with Gasteiger partial charge in [-0.15, -0.1) is 0 Å². The van der Waals surface area contributed by atoms with Gasteiger partial charge in [-0.05, 0) is 24.6 Å². The molecule has 3 rings (SSSR count). The van der Waals surface area contributed by atoms with Gasteiger partial charge in [-0.1, -0.05) is 12.1 Å². The van der Waals surface area contributed by atoms with Crippen LogP contribution in [0.5, 0.6) is 11.5 Å². The van der Waals surface area contributed by atoms with Crippen LogP contribution in [0, 0.1) is 18.3 Å². The topological polar surface area (TPSA) is 98.5 Å². The van der Waals surface area contributed by atoms with Gasteiger partial charge in [0, 0.05) is 6.07 Å². The zero-order valence-corrected chi connectivity index (χ0v) is 12.6. The fraction of sp³-hybridized carbons (Fsp3) is 0.176. The summed E-state index contributed by atoms with van der Waals surface area (Å²) >= 11 is 0. The summed E-state index contributed by atoms with van der Waals surface area (Å²) in [6, 6.07) is 10.7. The standard InChI is InChI=1S/C17H14N2O4/c1-9-7-13-15(17(20)22-9)14(12(8-18)16(19)23-13)10-3-5-11(21-2)6-4-10/h3-7,14H,19H2,1-2H3/t14-/m1/s1. The predicted molar refractivity (Wildman–Crippen MR) is 82.0 cm³/mol. The van der Waals surface area contributed by atoms with Gasteiger partial charge >= 0.3 is 5.63 Å². The predicted octanol–water partition coefficient (Wildman–Crippen LogP) is 2.17. The number of rotatable bonds is 2. The van der Waals surface area contributed by atoms with Gasteiger partial charge in [0.05, 0.1) is 18.6 Å². The number of ether oxygens (including phenoxy) is 2. The molecule has 1 aromatic heterocycles. The third-order valence-corrected chi connectivity index (χ3v) is 3.71. The Morgan fingerprint density at radius 1 is 1.30 bits per heavy atom. The summed E-state index contributed by atoms with van der Waals surface area (Å²) in [4.78, 5) is 12.3. The van der Waals surface area contributed by atoms with Crippen molar-refractivity contribution in [3.8, 4) is 17.6 Å². The SMILES string of the molecule is COc1ccc([C@@H]2C(C#N)=C(N)Oc3cc(C)oc(=O)c32)cc1. The minimum Gasteiger partial charge on any atom is -0.497 e. The van der Waals surface area contributed by atoms with Gasteiger partial charge in [0.1, 0.15) is 28.9 Å². The fourth-order valence-electron chi connectivity index (χ4n) is 2.65. The van der Waals surface area contributed by atoms with Crippen molar-refractivity contribution in [2.75, 3.05) is 7.11 Å². The molecule has 0 saturated carbocycles. The van der Waals surface area contributed by atoms with Crippen LogP contribution in [0.25, 0.3) is 0 Å². The molecule has 23 heavy (non-hydrogen) atoms. The van der Waals surface area contributed by atoms with E-state index in [4.69, 9.17) is 19.6 Å². The molecule has 2 aromatic rings. The lowest BCUT2D eigenvalue weighted by Crippen LogP contribution is -2.26. The highest BCUT2D eigenvalue weighted by atomic mass is 16.5. The van der Waals surface area contributed by atoms with Crippen molar-refractivity contribution in [3.63, 3.8) is 0 Å². The number of allylic oxidation sites excluding steroid dienone is 1. The highest BCUT2D eigenvalue weighted by molar-refractivity contribution is 5.54. The van der Waals surface area contributed by atoms with E-state index >= 15 is 0 Å². The molecule has 0 fully saturated rings. The van der Waals surface area contributed by atoms with Gasteiger partial charge in [-0.3, -0.25) is 0 Å². The number of nitrogens with two attached hydrogens (primary N) is 1. The van der Waals surface area contributed by atoms with Crippen LogP contribution in [0.3, 0.4) is 0 Å². The van der Waals surface area contributed by atoms with Crippen molar-refractivity contribution in [1.82, 2.24) is 0 Å². The van der Waals surface area contributed by atoms with E-state index in [-0.39, 0.29) is 17.0 Å². The first-order valence-corrected chi connectivity index (χ1v) is 6.91. The van der Waals surface area contributed by atoms with Crippen molar-refractivity contribution in [2.45, 2.75) is 12.8 Å².